The fourth-order valence-corrected chi connectivity index (χ4v) is 7.79. The van der Waals surface area contributed by atoms with Crippen LogP contribution in [0.3, 0.4) is 0 Å². The van der Waals surface area contributed by atoms with Crippen LogP contribution in [0.2, 0.25) is 0 Å². The molecule has 0 amide bonds. The molecule has 1 aliphatic rings. The maximum atomic E-state index is 2.46. The van der Waals surface area contributed by atoms with Gasteiger partial charge < -0.3 is 0 Å². The quantitative estimate of drug-likeness (QED) is 0.157. The lowest BCUT2D eigenvalue weighted by atomic mass is 9.69. The van der Waals surface area contributed by atoms with Crippen LogP contribution in [0.5, 0.6) is 0 Å². The Balaban J connectivity index is 1.52. The second kappa shape index (κ2) is 8.05. The summed E-state index contributed by atoms with van der Waals surface area (Å²) in [5, 5.41) is 13.4. The van der Waals surface area contributed by atoms with E-state index in [2.05, 4.69) is 147 Å². The van der Waals surface area contributed by atoms with Gasteiger partial charge in [0.25, 0.3) is 0 Å². The average molecular weight is 521 g/mol. The summed E-state index contributed by atoms with van der Waals surface area (Å²) < 4.78 is 0. The minimum absolute atomic E-state index is 0.0831. The fourth-order valence-electron chi connectivity index (χ4n) is 7.79. The highest BCUT2D eigenvalue weighted by Crippen LogP contribution is 2.52. The lowest BCUT2D eigenvalue weighted by Gasteiger charge is -2.34. The van der Waals surface area contributed by atoms with Gasteiger partial charge in [0.15, 0.2) is 0 Å². The molecule has 0 fully saturated rings. The van der Waals surface area contributed by atoms with Crippen molar-refractivity contribution in [3.05, 3.63) is 145 Å². The van der Waals surface area contributed by atoms with Gasteiger partial charge in [0.1, 0.15) is 0 Å². The van der Waals surface area contributed by atoms with Gasteiger partial charge in [0.05, 0.1) is 0 Å². The van der Waals surface area contributed by atoms with Gasteiger partial charge in [-0.1, -0.05) is 141 Å². The summed E-state index contributed by atoms with van der Waals surface area (Å²) in [5.41, 5.74) is 7.97. The smallest absolute Gasteiger partial charge is 0.0159 e. The van der Waals surface area contributed by atoms with E-state index in [1.807, 2.05) is 0 Å². The Kier molecular flexibility index (Phi) is 4.49. The second-order valence-electron chi connectivity index (χ2n) is 12.1. The van der Waals surface area contributed by atoms with Crippen molar-refractivity contribution in [3.63, 3.8) is 0 Å². The van der Waals surface area contributed by atoms with Crippen LogP contribution < -0.4 is 0 Å². The Hall–Kier alpha value is -4.94. The van der Waals surface area contributed by atoms with E-state index in [0.29, 0.717) is 0 Å². The van der Waals surface area contributed by atoms with Gasteiger partial charge >= 0.3 is 0 Å². The standard InChI is InChI=1S/C41H28/c1-41(2)34-20-10-14-26-22-23-27-24-33(32-19-11-21-35(41)40(32)38(27)37(26)34)39-30-17-8-6-15-28(30)36(25-12-4-3-5-13-25)29-16-7-9-18-31(29)39/h3-24H,1-2H3. The van der Waals surface area contributed by atoms with Crippen LogP contribution in [0, 0.1) is 0 Å². The molecular formula is C41H28. The molecule has 0 unspecified atom stereocenters. The van der Waals surface area contributed by atoms with Crippen LogP contribution >= 0.6 is 0 Å². The van der Waals surface area contributed by atoms with Gasteiger partial charge in [-0.05, 0) is 93.3 Å². The summed E-state index contributed by atoms with van der Waals surface area (Å²) in [7, 11) is 0. The summed E-state index contributed by atoms with van der Waals surface area (Å²) in [6, 6.07) is 49.8. The van der Waals surface area contributed by atoms with Crippen molar-refractivity contribution < 1.29 is 0 Å². The van der Waals surface area contributed by atoms with E-state index < -0.39 is 0 Å². The Morgan fingerprint density at radius 1 is 0.390 bits per heavy atom. The molecule has 0 aliphatic heterocycles. The Bertz CT molecular complexity index is 2310. The largest absolute Gasteiger partial charge is 0.0622 e. The molecule has 0 bridgehead atoms. The zero-order valence-electron chi connectivity index (χ0n) is 23.2. The van der Waals surface area contributed by atoms with E-state index in [4.69, 9.17) is 0 Å². The van der Waals surface area contributed by atoms with Gasteiger partial charge in [-0.15, -0.1) is 0 Å². The molecule has 8 aromatic carbocycles. The molecule has 0 aromatic heterocycles. The Morgan fingerprint density at radius 2 is 0.927 bits per heavy atom. The number of benzene rings is 8. The summed E-state index contributed by atoms with van der Waals surface area (Å²) in [6.45, 7) is 4.79. The first kappa shape index (κ1) is 22.8. The van der Waals surface area contributed by atoms with Crippen molar-refractivity contribution in [3.8, 4) is 22.3 Å². The average Bonchev–Trinajstić information content (AvgIpc) is 3.02. The monoisotopic (exact) mass is 520 g/mol. The minimum Gasteiger partial charge on any atom is -0.0622 e. The molecule has 0 heteroatoms. The molecule has 0 radical (unpaired) electrons. The van der Waals surface area contributed by atoms with Crippen molar-refractivity contribution in [2.75, 3.05) is 0 Å². The maximum absolute atomic E-state index is 2.46. The number of hydrogen-bond acceptors (Lipinski definition) is 0. The zero-order valence-corrected chi connectivity index (χ0v) is 23.2. The molecule has 0 N–H and O–H groups in total. The number of hydrogen-bond donors (Lipinski definition) is 0. The Morgan fingerprint density at radius 3 is 1.61 bits per heavy atom. The van der Waals surface area contributed by atoms with E-state index in [0.717, 1.165) is 0 Å². The first-order valence-corrected chi connectivity index (χ1v) is 14.5. The third-order valence-electron chi connectivity index (χ3n) is 9.59. The van der Waals surface area contributed by atoms with E-state index in [-0.39, 0.29) is 5.41 Å². The van der Waals surface area contributed by atoms with Gasteiger partial charge in [-0.3, -0.25) is 0 Å². The van der Waals surface area contributed by atoms with Crippen molar-refractivity contribution in [2.45, 2.75) is 19.3 Å². The number of fused-ring (bicyclic) bond motifs is 2. The SMILES string of the molecule is CC1(C)c2cccc3ccc4cc(-c5c6ccccc6c(-c6ccccc6)c6ccccc56)c5cccc1c5c4c23. The van der Waals surface area contributed by atoms with Gasteiger partial charge in [-0.2, -0.15) is 0 Å². The summed E-state index contributed by atoms with van der Waals surface area (Å²) in [6.07, 6.45) is 0. The van der Waals surface area contributed by atoms with Gasteiger partial charge in [-0.25, -0.2) is 0 Å². The van der Waals surface area contributed by atoms with E-state index in [1.54, 1.807) is 0 Å². The number of rotatable bonds is 2. The van der Waals surface area contributed by atoms with Crippen LogP contribution in [-0.4, -0.2) is 0 Å². The lowest BCUT2D eigenvalue weighted by Crippen LogP contribution is -2.22. The summed E-state index contributed by atoms with van der Waals surface area (Å²) in [5.74, 6) is 0. The molecule has 8 aromatic rings. The molecule has 41 heavy (non-hydrogen) atoms. The summed E-state index contributed by atoms with van der Waals surface area (Å²) >= 11 is 0. The normalized spacial score (nSPS) is 13.8. The summed E-state index contributed by atoms with van der Waals surface area (Å²) in [4.78, 5) is 0. The first-order valence-electron chi connectivity index (χ1n) is 14.5. The zero-order chi connectivity index (χ0) is 27.3. The molecule has 0 nitrogen and oxygen atoms in total. The molecule has 192 valence electrons. The van der Waals surface area contributed by atoms with E-state index in [1.165, 1.54) is 87.2 Å². The predicted molar refractivity (Wildman–Crippen MR) is 177 cm³/mol. The predicted octanol–water partition coefficient (Wildman–Crippen LogP) is 11.4. The molecule has 0 spiro atoms. The van der Waals surface area contributed by atoms with Gasteiger partial charge in [0, 0.05) is 5.41 Å². The van der Waals surface area contributed by atoms with E-state index >= 15 is 0 Å². The van der Waals surface area contributed by atoms with Crippen molar-refractivity contribution in [2.24, 2.45) is 0 Å². The molecular weight excluding hydrogens is 492 g/mol. The van der Waals surface area contributed by atoms with Crippen LogP contribution in [0.4, 0.5) is 0 Å². The van der Waals surface area contributed by atoms with Crippen molar-refractivity contribution >= 4 is 53.9 Å². The fraction of sp³-hybridized carbons (Fsp3) is 0.0732. The first-order chi connectivity index (χ1) is 20.1. The van der Waals surface area contributed by atoms with Gasteiger partial charge in [0.2, 0.25) is 0 Å². The molecule has 0 saturated carbocycles. The third kappa shape index (κ3) is 2.95. The van der Waals surface area contributed by atoms with E-state index in [9.17, 15) is 0 Å². The molecule has 0 atom stereocenters. The highest BCUT2D eigenvalue weighted by Gasteiger charge is 2.33. The van der Waals surface area contributed by atoms with Crippen LogP contribution in [0.15, 0.2) is 133 Å². The second-order valence-corrected chi connectivity index (χ2v) is 12.1. The molecule has 9 rings (SSSR count). The highest BCUT2D eigenvalue weighted by atomic mass is 14.4. The van der Waals surface area contributed by atoms with Crippen LogP contribution in [-0.2, 0) is 5.41 Å². The van der Waals surface area contributed by atoms with Crippen LogP contribution in [0.1, 0.15) is 25.0 Å². The minimum atomic E-state index is -0.0831. The lowest BCUT2D eigenvalue weighted by molar-refractivity contribution is 0.652. The Labute approximate surface area is 239 Å². The third-order valence-corrected chi connectivity index (χ3v) is 9.59. The highest BCUT2D eigenvalue weighted by molar-refractivity contribution is 6.30. The molecule has 1 aliphatic carbocycles. The van der Waals surface area contributed by atoms with Crippen molar-refractivity contribution in [1.82, 2.24) is 0 Å². The molecule has 0 saturated heterocycles. The maximum Gasteiger partial charge on any atom is 0.0159 e. The van der Waals surface area contributed by atoms with Crippen LogP contribution in [0.25, 0.3) is 76.1 Å². The van der Waals surface area contributed by atoms with Crippen molar-refractivity contribution in [1.29, 1.82) is 0 Å². The topological polar surface area (TPSA) is 0 Å². The molecule has 0 heterocycles.